The van der Waals surface area contributed by atoms with Gasteiger partial charge in [0.15, 0.2) is 12.4 Å². The first-order valence-electron chi connectivity index (χ1n) is 5.26. The molecule has 0 spiro atoms. The molecular formula is C14H12O3. The number of carbonyl (C=O) groups is 1. The normalized spacial score (nSPS) is 9.88. The largest absolute Gasteiger partial charge is 0.508 e. The summed E-state index contributed by atoms with van der Waals surface area (Å²) in [5.41, 5.74) is 0.527. The van der Waals surface area contributed by atoms with E-state index in [9.17, 15) is 4.79 Å². The van der Waals surface area contributed by atoms with Gasteiger partial charge in [0, 0.05) is 5.56 Å². The molecule has 0 fully saturated rings. The Balaban J connectivity index is 1.96. The molecule has 0 aliphatic rings. The van der Waals surface area contributed by atoms with Gasteiger partial charge in [-0.15, -0.1) is 0 Å². The summed E-state index contributed by atoms with van der Waals surface area (Å²) in [5.74, 6) is 0.694. The number of rotatable bonds is 4. The number of para-hydroxylation sites is 1. The van der Waals surface area contributed by atoms with Crippen LogP contribution in [-0.4, -0.2) is 17.5 Å². The summed E-state index contributed by atoms with van der Waals surface area (Å²) in [6, 6.07) is 15.3. The molecule has 86 valence electrons. The molecule has 17 heavy (non-hydrogen) atoms. The Morgan fingerprint density at radius 1 is 1.00 bits per heavy atom. The average molecular weight is 228 g/mol. The van der Waals surface area contributed by atoms with Crippen LogP contribution in [0, 0.1) is 0 Å². The molecule has 0 saturated heterocycles. The van der Waals surface area contributed by atoms with Crippen LogP contribution in [0.5, 0.6) is 11.5 Å². The Labute approximate surface area is 99.3 Å². The number of phenolic OH excluding ortho intramolecular Hbond substituents is 1. The second-order valence-corrected chi connectivity index (χ2v) is 3.57. The van der Waals surface area contributed by atoms with Crippen molar-refractivity contribution in [1.29, 1.82) is 0 Å². The van der Waals surface area contributed by atoms with Gasteiger partial charge in [0.25, 0.3) is 0 Å². The van der Waals surface area contributed by atoms with Crippen LogP contribution in [0.15, 0.2) is 54.6 Å². The minimum atomic E-state index is -0.117. The maximum absolute atomic E-state index is 11.7. The molecule has 0 radical (unpaired) electrons. The maximum atomic E-state index is 11.7. The van der Waals surface area contributed by atoms with Gasteiger partial charge in [-0.25, -0.2) is 0 Å². The fraction of sp³-hybridized carbons (Fsp3) is 0.0714. The van der Waals surface area contributed by atoms with Gasteiger partial charge < -0.3 is 9.84 Å². The molecule has 0 aliphatic carbocycles. The van der Waals surface area contributed by atoms with E-state index in [1.807, 2.05) is 18.2 Å². The zero-order chi connectivity index (χ0) is 12.1. The zero-order valence-corrected chi connectivity index (χ0v) is 9.17. The molecule has 0 amide bonds. The molecule has 0 atom stereocenters. The van der Waals surface area contributed by atoms with Crippen LogP contribution in [0.3, 0.4) is 0 Å². The number of aromatic hydroxyl groups is 1. The number of hydrogen-bond acceptors (Lipinski definition) is 3. The summed E-state index contributed by atoms with van der Waals surface area (Å²) >= 11 is 0. The number of ether oxygens (including phenoxy) is 1. The molecular weight excluding hydrogens is 216 g/mol. The van der Waals surface area contributed by atoms with E-state index >= 15 is 0 Å². The summed E-state index contributed by atoms with van der Waals surface area (Å²) in [7, 11) is 0. The summed E-state index contributed by atoms with van der Waals surface area (Å²) in [4.78, 5) is 11.7. The Morgan fingerprint density at radius 3 is 2.29 bits per heavy atom. The minimum absolute atomic E-state index is 0.00517. The van der Waals surface area contributed by atoms with Crippen molar-refractivity contribution in [3.05, 3.63) is 60.2 Å². The maximum Gasteiger partial charge on any atom is 0.200 e. The summed E-state index contributed by atoms with van der Waals surface area (Å²) in [6.07, 6.45) is 0. The third-order valence-corrected chi connectivity index (χ3v) is 2.30. The van der Waals surface area contributed by atoms with Gasteiger partial charge in [0.2, 0.25) is 0 Å². The molecule has 0 heterocycles. The molecule has 1 N–H and O–H groups in total. The van der Waals surface area contributed by atoms with Crippen molar-refractivity contribution in [2.24, 2.45) is 0 Å². The molecule has 0 saturated carbocycles. The highest BCUT2D eigenvalue weighted by Crippen LogP contribution is 2.12. The SMILES string of the molecule is O=C(COc1ccccc1)c1ccc(O)cc1. The van der Waals surface area contributed by atoms with Gasteiger partial charge in [-0.1, -0.05) is 18.2 Å². The predicted molar refractivity (Wildman–Crippen MR) is 64.4 cm³/mol. The highest BCUT2D eigenvalue weighted by molar-refractivity contribution is 5.97. The van der Waals surface area contributed by atoms with Gasteiger partial charge >= 0.3 is 0 Å². The van der Waals surface area contributed by atoms with Gasteiger partial charge in [-0.2, -0.15) is 0 Å². The number of benzene rings is 2. The number of ketones is 1. The number of Topliss-reactive ketones (excluding diaryl/α,β-unsaturated/α-hetero) is 1. The standard InChI is InChI=1S/C14H12O3/c15-12-8-6-11(7-9-12)14(16)10-17-13-4-2-1-3-5-13/h1-9,15H,10H2. The zero-order valence-electron chi connectivity index (χ0n) is 9.17. The molecule has 3 nitrogen and oxygen atoms in total. The fourth-order valence-electron chi connectivity index (χ4n) is 1.40. The van der Waals surface area contributed by atoms with Crippen LogP contribution < -0.4 is 4.74 Å². The number of hydrogen-bond donors (Lipinski definition) is 1. The van der Waals surface area contributed by atoms with Crippen molar-refractivity contribution in [2.75, 3.05) is 6.61 Å². The first kappa shape index (κ1) is 11.2. The lowest BCUT2D eigenvalue weighted by atomic mass is 10.1. The number of phenols is 1. The van der Waals surface area contributed by atoms with Crippen molar-refractivity contribution in [3.63, 3.8) is 0 Å². The van der Waals surface area contributed by atoms with E-state index in [-0.39, 0.29) is 18.1 Å². The first-order chi connectivity index (χ1) is 8.25. The van der Waals surface area contributed by atoms with E-state index in [4.69, 9.17) is 9.84 Å². The molecule has 0 bridgehead atoms. The van der Waals surface area contributed by atoms with Gasteiger partial charge in [-0.3, -0.25) is 4.79 Å². The fourth-order valence-corrected chi connectivity index (χ4v) is 1.40. The summed E-state index contributed by atoms with van der Waals surface area (Å²) < 4.78 is 5.34. The quantitative estimate of drug-likeness (QED) is 0.818. The monoisotopic (exact) mass is 228 g/mol. The summed E-state index contributed by atoms with van der Waals surface area (Å²) in [6.45, 7) is -0.00517. The molecule has 2 rings (SSSR count). The Hall–Kier alpha value is -2.29. The van der Waals surface area contributed by atoms with Crippen LogP contribution >= 0.6 is 0 Å². The van der Waals surface area contributed by atoms with Crippen molar-refractivity contribution < 1.29 is 14.6 Å². The van der Waals surface area contributed by atoms with E-state index in [1.54, 1.807) is 24.3 Å². The van der Waals surface area contributed by atoms with Gasteiger partial charge in [0.1, 0.15) is 11.5 Å². The van der Waals surface area contributed by atoms with Crippen molar-refractivity contribution in [1.82, 2.24) is 0 Å². The Kier molecular flexibility index (Phi) is 3.40. The minimum Gasteiger partial charge on any atom is -0.508 e. The Bertz CT molecular complexity index is 489. The highest BCUT2D eigenvalue weighted by Gasteiger charge is 2.06. The second kappa shape index (κ2) is 5.16. The second-order valence-electron chi connectivity index (χ2n) is 3.57. The van der Waals surface area contributed by atoms with Crippen molar-refractivity contribution in [2.45, 2.75) is 0 Å². The van der Waals surface area contributed by atoms with E-state index in [2.05, 4.69) is 0 Å². The predicted octanol–water partition coefficient (Wildman–Crippen LogP) is 2.65. The van der Waals surface area contributed by atoms with Crippen LogP contribution in [-0.2, 0) is 0 Å². The van der Waals surface area contributed by atoms with Crippen LogP contribution in [0.2, 0.25) is 0 Å². The van der Waals surface area contributed by atoms with Crippen molar-refractivity contribution in [3.8, 4) is 11.5 Å². The van der Waals surface area contributed by atoms with Crippen molar-refractivity contribution >= 4 is 5.78 Å². The average Bonchev–Trinajstić information content (AvgIpc) is 2.38. The lowest BCUT2D eigenvalue weighted by Crippen LogP contribution is -2.11. The molecule has 3 heteroatoms. The van der Waals surface area contributed by atoms with E-state index in [0.29, 0.717) is 11.3 Å². The smallest absolute Gasteiger partial charge is 0.200 e. The van der Waals surface area contributed by atoms with Crippen LogP contribution in [0.1, 0.15) is 10.4 Å². The van der Waals surface area contributed by atoms with E-state index in [1.165, 1.54) is 12.1 Å². The van der Waals surface area contributed by atoms with E-state index in [0.717, 1.165) is 0 Å². The highest BCUT2D eigenvalue weighted by atomic mass is 16.5. The lowest BCUT2D eigenvalue weighted by Gasteiger charge is -2.05. The molecule has 0 unspecified atom stereocenters. The lowest BCUT2D eigenvalue weighted by molar-refractivity contribution is 0.0921. The molecule has 2 aromatic carbocycles. The first-order valence-corrected chi connectivity index (χ1v) is 5.26. The van der Waals surface area contributed by atoms with Gasteiger partial charge in [-0.05, 0) is 36.4 Å². The molecule has 2 aromatic rings. The van der Waals surface area contributed by atoms with Crippen LogP contribution in [0.25, 0.3) is 0 Å². The Morgan fingerprint density at radius 2 is 1.65 bits per heavy atom. The molecule has 0 aliphatic heterocycles. The van der Waals surface area contributed by atoms with Crippen LogP contribution in [0.4, 0.5) is 0 Å². The van der Waals surface area contributed by atoms with E-state index < -0.39 is 0 Å². The third-order valence-electron chi connectivity index (χ3n) is 2.30. The topological polar surface area (TPSA) is 46.5 Å². The summed E-state index contributed by atoms with van der Waals surface area (Å²) in [5, 5.41) is 9.10. The van der Waals surface area contributed by atoms with Gasteiger partial charge in [0.05, 0.1) is 0 Å². The molecule has 0 aromatic heterocycles. The number of carbonyl (C=O) groups excluding carboxylic acids is 1. The third kappa shape index (κ3) is 3.08.